The highest BCUT2D eigenvalue weighted by molar-refractivity contribution is 8.06. The third-order valence-electron chi connectivity index (χ3n) is 1.42. The summed E-state index contributed by atoms with van der Waals surface area (Å²) in [6, 6.07) is 0. The van der Waals surface area contributed by atoms with E-state index in [1.54, 1.807) is 11.8 Å². The Labute approximate surface area is 77.9 Å². The normalized spacial score (nSPS) is 17.8. The van der Waals surface area contributed by atoms with Crippen LogP contribution in [0.2, 0.25) is 0 Å². The second kappa shape index (κ2) is 4.88. The van der Waals surface area contributed by atoms with Gasteiger partial charge in [0.2, 0.25) is 0 Å². The van der Waals surface area contributed by atoms with Crippen LogP contribution < -0.4 is 5.32 Å². The summed E-state index contributed by atoms with van der Waals surface area (Å²) in [5.41, 5.74) is 1.17. The van der Waals surface area contributed by atoms with Gasteiger partial charge in [0, 0.05) is 11.1 Å². The van der Waals surface area contributed by atoms with Gasteiger partial charge in [0.1, 0.15) is 0 Å². The smallest absolute Gasteiger partial charge is 0.0518 e. The first-order valence-electron chi connectivity index (χ1n) is 3.96. The molecule has 1 heterocycles. The van der Waals surface area contributed by atoms with Crippen LogP contribution in [-0.2, 0) is 0 Å². The molecule has 0 radical (unpaired) electrons. The lowest BCUT2D eigenvalue weighted by atomic mass is 10.3. The summed E-state index contributed by atoms with van der Waals surface area (Å²) in [6.07, 6.45) is 10.2. The number of nitrogens with one attached hydrogen (secondary N) is 1. The third kappa shape index (κ3) is 2.31. The van der Waals surface area contributed by atoms with Crippen LogP contribution >= 0.6 is 11.8 Å². The van der Waals surface area contributed by atoms with Crippen LogP contribution in [0.25, 0.3) is 0 Å². The second-order valence-corrected chi connectivity index (χ2v) is 3.29. The fourth-order valence-electron chi connectivity index (χ4n) is 0.943. The van der Waals surface area contributed by atoms with E-state index in [2.05, 4.69) is 17.5 Å². The number of hydrogen-bond acceptors (Lipinski definition) is 2. The molecule has 1 N–H and O–H groups in total. The molecule has 0 aromatic carbocycles. The molecule has 2 heteroatoms. The molecule has 0 amide bonds. The quantitative estimate of drug-likeness (QED) is 0.699. The predicted molar refractivity (Wildman–Crippen MR) is 56.5 cm³/mol. The Kier molecular flexibility index (Phi) is 3.74. The summed E-state index contributed by atoms with van der Waals surface area (Å²) in [5.74, 6) is 0. The number of hydrogen-bond donors (Lipinski definition) is 1. The predicted octanol–water partition coefficient (Wildman–Crippen LogP) is 3.16. The van der Waals surface area contributed by atoms with Gasteiger partial charge >= 0.3 is 0 Å². The molecule has 1 nitrogen and oxygen atoms in total. The molecule has 0 bridgehead atoms. The summed E-state index contributed by atoms with van der Waals surface area (Å²) in [5, 5.41) is 5.24. The Balaban J connectivity index is 2.84. The Morgan fingerprint density at radius 1 is 1.25 bits per heavy atom. The van der Waals surface area contributed by atoms with Gasteiger partial charge in [-0.15, -0.1) is 0 Å². The Hall–Kier alpha value is -0.890. The van der Waals surface area contributed by atoms with Crippen LogP contribution in [0.4, 0.5) is 0 Å². The van der Waals surface area contributed by atoms with Crippen molar-refractivity contribution in [1.29, 1.82) is 0 Å². The van der Waals surface area contributed by atoms with Gasteiger partial charge in [0.05, 0.1) is 5.70 Å². The van der Waals surface area contributed by atoms with Crippen molar-refractivity contribution in [3.63, 3.8) is 0 Å². The highest BCUT2D eigenvalue weighted by Gasteiger charge is 2.02. The molecule has 1 aliphatic heterocycles. The minimum atomic E-state index is 1.17. The van der Waals surface area contributed by atoms with E-state index in [0.717, 1.165) is 0 Å². The molecule has 12 heavy (non-hydrogen) atoms. The average molecular weight is 179 g/mol. The van der Waals surface area contributed by atoms with Crippen molar-refractivity contribution in [2.45, 2.75) is 13.8 Å². The van der Waals surface area contributed by atoms with Crippen LogP contribution in [0.3, 0.4) is 0 Å². The maximum atomic E-state index is 3.20. The Morgan fingerprint density at radius 2 is 2.00 bits per heavy atom. The van der Waals surface area contributed by atoms with Crippen molar-refractivity contribution < 1.29 is 0 Å². The van der Waals surface area contributed by atoms with Crippen LogP contribution in [0.15, 0.2) is 46.5 Å². The largest absolute Gasteiger partial charge is 0.360 e. The van der Waals surface area contributed by atoms with Gasteiger partial charge in [-0.2, -0.15) is 0 Å². The van der Waals surface area contributed by atoms with Gasteiger partial charge in [0.25, 0.3) is 0 Å². The standard InChI is InChI=1S/C10H13NS/c1-3-5-9-10(6-4-2)12-8-7-11-9/h3-8,11H,1-2H3/b5-3-,6-4-. The first kappa shape index (κ1) is 9.20. The molecule has 0 unspecified atom stereocenters. The molecule has 0 aliphatic carbocycles. The van der Waals surface area contributed by atoms with Gasteiger partial charge in [-0.1, -0.05) is 30.0 Å². The molecule has 64 valence electrons. The summed E-state index contributed by atoms with van der Waals surface area (Å²) in [6.45, 7) is 4.05. The molecule has 0 aromatic heterocycles. The molecule has 1 rings (SSSR count). The summed E-state index contributed by atoms with van der Waals surface area (Å²) >= 11 is 1.73. The topological polar surface area (TPSA) is 12.0 Å². The van der Waals surface area contributed by atoms with Crippen molar-refractivity contribution in [2.24, 2.45) is 0 Å². The van der Waals surface area contributed by atoms with E-state index in [9.17, 15) is 0 Å². The molecule has 0 atom stereocenters. The highest BCUT2D eigenvalue weighted by atomic mass is 32.2. The lowest BCUT2D eigenvalue weighted by Gasteiger charge is -2.11. The molecule has 0 saturated heterocycles. The molecule has 0 spiro atoms. The molecule has 0 saturated carbocycles. The third-order valence-corrected chi connectivity index (χ3v) is 2.30. The molecule has 0 fully saturated rings. The van der Waals surface area contributed by atoms with E-state index < -0.39 is 0 Å². The fourth-order valence-corrected chi connectivity index (χ4v) is 1.69. The second-order valence-electron chi connectivity index (χ2n) is 2.34. The van der Waals surface area contributed by atoms with Crippen molar-refractivity contribution in [3.05, 3.63) is 46.5 Å². The number of allylic oxidation sites excluding steroid dienone is 4. The van der Waals surface area contributed by atoms with Crippen LogP contribution in [0, 0.1) is 0 Å². The van der Waals surface area contributed by atoms with E-state index in [0.29, 0.717) is 0 Å². The van der Waals surface area contributed by atoms with Gasteiger partial charge in [-0.3, -0.25) is 0 Å². The first-order chi connectivity index (χ1) is 5.88. The number of rotatable bonds is 2. The van der Waals surface area contributed by atoms with E-state index in [1.165, 1.54) is 10.6 Å². The highest BCUT2D eigenvalue weighted by Crippen LogP contribution is 2.24. The minimum Gasteiger partial charge on any atom is -0.360 e. The molecular weight excluding hydrogens is 166 g/mol. The summed E-state index contributed by atoms with van der Waals surface area (Å²) in [4.78, 5) is 1.26. The Bertz CT molecular complexity index is 233. The van der Waals surface area contributed by atoms with Crippen molar-refractivity contribution in [3.8, 4) is 0 Å². The van der Waals surface area contributed by atoms with E-state index in [1.807, 2.05) is 37.6 Å². The molecular formula is C10H13NS. The molecule has 0 aromatic rings. The SMILES string of the molecule is C/C=C\C1=C(/C=C\C)SC=CN1. The zero-order chi connectivity index (χ0) is 8.81. The van der Waals surface area contributed by atoms with Gasteiger partial charge < -0.3 is 5.32 Å². The number of thioether (sulfide) groups is 1. The van der Waals surface area contributed by atoms with Crippen LogP contribution in [0.1, 0.15) is 13.8 Å². The zero-order valence-corrected chi connectivity index (χ0v) is 8.19. The maximum absolute atomic E-state index is 3.20. The average Bonchev–Trinajstić information content (AvgIpc) is 2.09. The van der Waals surface area contributed by atoms with Crippen LogP contribution in [0.5, 0.6) is 0 Å². The van der Waals surface area contributed by atoms with E-state index >= 15 is 0 Å². The summed E-state index contributed by atoms with van der Waals surface area (Å²) in [7, 11) is 0. The van der Waals surface area contributed by atoms with Crippen LogP contribution in [-0.4, -0.2) is 0 Å². The molecule has 1 aliphatic rings. The lowest BCUT2D eigenvalue weighted by Crippen LogP contribution is -2.06. The van der Waals surface area contributed by atoms with E-state index in [-0.39, 0.29) is 0 Å². The monoisotopic (exact) mass is 179 g/mol. The minimum absolute atomic E-state index is 1.17. The first-order valence-corrected chi connectivity index (χ1v) is 4.84. The van der Waals surface area contributed by atoms with Crippen molar-refractivity contribution in [2.75, 3.05) is 0 Å². The van der Waals surface area contributed by atoms with Crippen molar-refractivity contribution in [1.82, 2.24) is 5.32 Å². The summed E-state index contributed by atoms with van der Waals surface area (Å²) < 4.78 is 0. The lowest BCUT2D eigenvalue weighted by molar-refractivity contribution is 1.10. The van der Waals surface area contributed by atoms with Gasteiger partial charge in [0.15, 0.2) is 0 Å². The Morgan fingerprint density at radius 3 is 2.67 bits per heavy atom. The zero-order valence-electron chi connectivity index (χ0n) is 7.37. The van der Waals surface area contributed by atoms with Gasteiger partial charge in [-0.25, -0.2) is 0 Å². The van der Waals surface area contributed by atoms with Gasteiger partial charge in [-0.05, 0) is 25.3 Å². The maximum Gasteiger partial charge on any atom is 0.0518 e. The van der Waals surface area contributed by atoms with Crippen molar-refractivity contribution >= 4 is 11.8 Å². The fraction of sp³-hybridized carbons (Fsp3) is 0.200. The van der Waals surface area contributed by atoms with E-state index in [4.69, 9.17) is 0 Å².